The first kappa shape index (κ1) is 25.0. The van der Waals surface area contributed by atoms with Gasteiger partial charge in [-0.2, -0.15) is 18.3 Å². The van der Waals surface area contributed by atoms with Crippen molar-refractivity contribution in [2.24, 2.45) is 5.10 Å². The molecule has 0 atom stereocenters. The van der Waals surface area contributed by atoms with Gasteiger partial charge in [0, 0.05) is 0 Å². The summed E-state index contributed by atoms with van der Waals surface area (Å²) in [6.07, 6.45) is -3.30. The normalized spacial score (nSPS) is 12.0. The molecule has 0 spiro atoms. The van der Waals surface area contributed by atoms with Crippen LogP contribution in [0.4, 0.5) is 18.9 Å². The Balaban J connectivity index is 1.92. The summed E-state index contributed by atoms with van der Waals surface area (Å²) in [6, 6.07) is 16.9. The van der Waals surface area contributed by atoms with Gasteiger partial charge in [0.25, 0.3) is 15.9 Å². The topological polar surface area (TPSA) is 78.8 Å². The second-order valence-electron chi connectivity index (χ2n) is 7.58. The minimum Gasteiger partial charge on any atom is -0.271 e. The maximum Gasteiger partial charge on any atom is 0.416 e. The maximum atomic E-state index is 13.3. The first-order valence-electron chi connectivity index (χ1n) is 10.1. The molecule has 3 aromatic rings. The zero-order chi connectivity index (χ0) is 24.9. The lowest BCUT2D eigenvalue weighted by Crippen LogP contribution is -2.39. The lowest BCUT2D eigenvalue weighted by atomic mass is 10.2. The van der Waals surface area contributed by atoms with Crippen LogP contribution in [0.1, 0.15) is 22.3 Å². The van der Waals surface area contributed by atoms with E-state index in [0.29, 0.717) is 15.9 Å². The van der Waals surface area contributed by atoms with Crippen molar-refractivity contribution in [1.82, 2.24) is 5.43 Å². The van der Waals surface area contributed by atoms with Crippen molar-refractivity contribution in [3.8, 4) is 0 Å². The summed E-state index contributed by atoms with van der Waals surface area (Å²) in [5.74, 6) is -0.822. The van der Waals surface area contributed by atoms with Crippen LogP contribution in [0.25, 0.3) is 0 Å². The molecule has 178 valence electrons. The van der Waals surface area contributed by atoms with Crippen molar-refractivity contribution in [2.75, 3.05) is 10.8 Å². The van der Waals surface area contributed by atoms with Crippen LogP contribution in [-0.2, 0) is 21.0 Å². The van der Waals surface area contributed by atoms with Crippen molar-refractivity contribution >= 4 is 27.8 Å². The fourth-order valence-electron chi connectivity index (χ4n) is 3.08. The molecule has 34 heavy (non-hydrogen) atoms. The molecule has 0 aliphatic rings. The van der Waals surface area contributed by atoms with Gasteiger partial charge in [-0.15, -0.1) is 0 Å². The molecule has 0 saturated carbocycles. The standard InChI is InChI=1S/C24H22F3N3O3S/c1-17-9-11-22(12-10-17)34(32,33)30(21-8-4-7-20(14-21)24(25,26)27)16-23(31)29-28-15-19-6-3-5-18(2)13-19/h3-15H,16H2,1-2H3,(H,29,31)/b28-15-. The average Bonchev–Trinajstić information content (AvgIpc) is 2.77. The Labute approximate surface area is 195 Å². The number of alkyl halides is 3. The van der Waals surface area contributed by atoms with Gasteiger partial charge in [-0.1, -0.05) is 53.6 Å². The van der Waals surface area contributed by atoms with E-state index in [1.54, 1.807) is 25.1 Å². The first-order valence-corrected chi connectivity index (χ1v) is 11.6. The van der Waals surface area contributed by atoms with Gasteiger partial charge in [-0.3, -0.25) is 9.10 Å². The van der Waals surface area contributed by atoms with Crippen LogP contribution in [0.15, 0.2) is 82.8 Å². The Morgan fingerprint density at radius 2 is 1.65 bits per heavy atom. The Kier molecular flexibility index (Phi) is 7.41. The number of benzene rings is 3. The Bertz CT molecular complexity index is 1300. The highest BCUT2D eigenvalue weighted by Gasteiger charge is 2.33. The zero-order valence-electron chi connectivity index (χ0n) is 18.4. The van der Waals surface area contributed by atoms with E-state index in [-0.39, 0.29) is 10.6 Å². The molecule has 6 nitrogen and oxygen atoms in total. The van der Waals surface area contributed by atoms with E-state index < -0.39 is 34.2 Å². The molecule has 0 aromatic heterocycles. The highest BCUT2D eigenvalue weighted by Crippen LogP contribution is 2.33. The quantitative estimate of drug-likeness (QED) is 0.387. The van der Waals surface area contributed by atoms with Gasteiger partial charge in [0.15, 0.2) is 0 Å². The lowest BCUT2D eigenvalue weighted by Gasteiger charge is -2.24. The van der Waals surface area contributed by atoms with Crippen LogP contribution in [0.2, 0.25) is 0 Å². The van der Waals surface area contributed by atoms with Gasteiger partial charge < -0.3 is 0 Å². The van der Waals surface area contributed by atoms with Crippen LogP contribution in [-0.4, -0.2) is 27.1 Å². The van der Waals surface area contributed by atoms with Crippen molar-refractivity contribution in [1.29, 1.82) is 0 Å². The maximum absolute atomic E-state index is 13.3. The van der Waals surface area contributed by atoms with Gasteiger partial charge >= 0.3 is 6.18 Å². The van der Waals surface area contributed by atoms with Gasteiger partial charge in [0.1, 0.15) is 6.54 Å². The number of aryl methyl sites for hydroxylation is 2. The summed E-state index contributed by atoms with van der Waals surface area (Å²) < 4.78 is 67.0. The van der Waals surface area contributed by atoms with Gasteiger partial charge in [-0.25, -0.2) is 13.8 Å². The van der Waals surface area contributed by atoms with E-state index in [2.05, 4.69) is 10.5 Å². The summed E-state index contributed by atoms with van der Waals surface area (Å²) in [4.78, 5) is 12.4. The molecule has 0 radical (unpaired) electrons. The number of hydrazone groups is 1. The molecule has 0 bridgehead atoms. The number of halogens is 3. The van der Waals surface area contributed by atoms with E-state index in [0.717, 1.165) is 23.3 Å². The number of sulfonamides is 1. The van der Waals surface area contributed by atoms with Crippen molar-refractivity contribution in [3.05, 3.63) is 95.1 Å². The monoisotopic (exact) mass is 489 g/mol. The van der Waals surface area contributed by atoms with Crippen LogP contribution < -0.4 is 9.73 Å². The largest absolute Gasteiger partial charge is 0.416 e. The van der Waals surface area contributed by atoms with Gasteiger partial charge in [0.2, 0.25) is 0 Å². The summed E-state index contributed by atoms with van der Waals surface area (Å²) in [7, 11) is -4.36. The van der Waals surface area contributed by atoms with E-state index in [1.807, 2.05) is 25.1 Å². The third-order valence-corrected chi connectivity index (χ3v) is 6.59. The lowest BCUT2D eigenvalue weighted by molar-refractivity contribution is -0.137. The smallest absolute Gasteiger partial charge is 0.271 e. The average molecular weight is 490 g/mol. The third kappa shape index (κ3) is 6.22. The molecule has 0 fully saturated rings. The SMILES string of the molecule is Cc1ccc(S(=O)(=O)N(CC(=O)N/N=C\c2cccc(C)c2)c2cccc(C(F)(F)F)c2)cc1. The molecule has 0 aliphatic carbocycles. The van der Waals surface area contributed by atoms with Crippen LogP contribution in [0.5, 0.6) is 0 Å². The molecule has 10 heteroatoms. The fourth-order valence-corrected chi connectivity index (χ4v) is 4.50. The second-order valence-corrected chi connectivity index (χ2v) is 9.44. The number of hydrogen-bond donors (Lipinski definition) is 1. The number of nitrogens with one attached hydrogen (secondary N) is 1. The first-order chi connectivity index (χ1) is 16.0. The fraction of sp³-hybridized carbons (Fsp3) is 0.167. The van der Waals surface area contributed by atoms with Crippen LogP contribution >= 0.6 is 0 Å². The van der Waals surface area contributed by atoms with Gasteiger partial charge in [-0.05, 0) is 49.7 Å². The molecule has 0 aliphatic heterocycles. The van der Waals surface area contributed by atoms with E-state index in [9.17, 15) is 26.4 Å². The van der Waals surface area contributed by atoms with Crippen LogP contribution in [0.3, 0.4) is 0 Å². The van der Waals surface area contributed by atoms with Crippen molar-refractivity contribution in [3.63, 3.8) is 0 Å². The molecule has 1 N–H and O–H groups in total. The summed E-state index contributed by atoms with van der Waals surface area (Å²) in [5.41, 5.74) is 3.39. The molecular weight excluding hydrogens is 467 g/mol. The van der Waals surface area contributed by atoms with Crippen LogP contribution in [0, 0.1) is 13.8 Å². The molecule has 3 aromatic carbocycles. The number of carbonyl (C=O) groups is 1. The molecule has 0 unspecified atom stereocenters. The van der Waals surface area contributed by atoms with E-state index in [4.69, 9.17) is 0 Å². The molecule has 0 heterocycles. The summed E-state index contributed by atoms with van der Waals surface area (Å²) in [6.45, 7) is 2.88. The van der Waals surface area contributed by atoms with Gasteiger partial charge in [0.05, 0.1) is 22.4 Å². The molecule has 0 saturated heterocycles. The summed E-state index contributed by atoms with van der Waals surface area (Å²) >= 11 is 0. The summed E-state index contributed by atoms with van der Waals surface area (Å²) in [5, 5.41) is 3.83. The molecular formula is C24H22F3N3O3S. The highest BCUT2D eigenvalue weighted by molar-refractivity contribution is 7.92. The number of hydrogen-bond acceptors (Lipinski definition) is 4. The predicted octanol–water partition coefficient (Wildman–Crippen LogP) is 4.67. The minimum absolute atomic E-state index is 0.161. The number of anilines is 1. The number of nitrogens with zero attached hydrogens (tertiary/aromatic N) is 2. The second kappa shape index (κ2) is 10.1. The van der Waals surface area contributed by atoms with E-state index >= 15 is 0 Å². The van der Waals surface area contributed by atoms with Crippen molar-refractivity contribution in [2.45, 2.75) is 24.9 Å². The minimum atomic E-state index is -4.68. The van der Waals surface area contributed by atoms with Crippen molar-refractivity contribution < 1.29 is 26.4 Å². The Hall–Kier alpha value is -3.66. The number of rotatable bonds is 7. The number of carbonyl (C=O) groups excluding carboxylic acids is 1. The predicted molar refractivity (Wildman–Crippen MR) is 124 cm³/mol. The number of amides is 1. The third-order valence-electron chi connectivity index (χ3n) is 4.80. The van der Waals surface area contributed by atoms with E-state index in [1.165, 1.54) is 24.4 Å². The highest BCUT2D eigenvalue weighted by atomic mass is 32.2. The Morgan fingerprint density at radius 3 is 2.29 bits per heavy atom. The Morgan fingerprint density at radius 1 is 0.971 bits per heavy atom. The molecule has 3 rings (SSSR count). The molecule has 1 amide bonds. The zero-order valence-corrected chi connectivity index (χ0v) is 19.2.